The van der Waals surface area contributed by atoms with Crippen molar-refractivity contribution in [1.29, 1.82) is 0 Å². The molecule has 0 aromatic carbocycles. The van der Waals surface area contributed by atoms with E-state index in [1.54, 1.807) is 12.4 Å². The number of urea groups is 1. The Kier molecular flexibility index (Phi) is 3.81. The fraction of sp³-hybridized carbons (Fsp3) is 0.545. The predicted molar refractivity (Wildman–Crippen MR) is 62.7 cm³/mol. The van der Waals surface area contributed by atoms with Gasteiger partial charge in [0.2, 0.25) is 0 Å². The normalized spacial score (nSPS) is 22.7. The van der Waals surface area contributed by atoms with Crippen LogP contribution in [0.4, 0.5) is 4.79 Å². The number of aromatic nitrogens is 2. The molecule has 1 heterocycles. The Morgan fingerprint density at radius 2 is 2.33 bits per heavy atom. The van der Waals surface area contributed by atoms with Crippen LogP contribution in [0.15, 0.2) is 12.4 Å². The summed E-state index contributed by atoms with van der Waals surface area (Å²) in [5.74, 6) is -0.658. The molecular formula is C11H16N4O3. The number of aliphatic carboxylic acids is 1. The van der Waals surface area contributed by atoms with E-state index in [1.807, 2.05) is 0 Å². The number of imidazole rings is 1. The Labute approximate surface area is 104 Å². The van der Waals surface area contributed by atoms with Gasteiger partial charge in [-0.15, -0.1) is 0 Å². The van der Waals surface area contributed by atoms with Crippen molar-refractivity contribution in [2.75, 3.05) is 0 Å². The third-order valence-electron chi connectivity index (χ3n) is 3.12. The van der Waals surface area contributed by atoms with Gasteiger partial charge in [-0.3, -0.25) is 4.79 Å². The lowest BCUT2D eigenvalue weighted by atomic mass is 10.0. The summed E-state index contributed by atoms with van der Waals surface area (Å²) in [4.78, 5) is 29.4. The monoisotopic (exact) mass is 252 g/mol. The molecule has 0 bridgehead atoms. The smallest absolute Gasteiger partial charge is 0.315 e. The first-order valence-electron chi connectivity index (χ1n) is 5.92. The first-order chi connectivity index (χ1) is 8.66. The van der Waals surface area contributed by atoms with Crippen LogP contribution in [0.1, 0.15) is 25.1 Å². The van der Waals surface area contributed by atoms with Crippen LogP contribution < -0.4 is 10.6 Å². The molecule has 18 heavy (non-hydrogen) atoms. The van der Waals surface area contributed by atoms with E-state index in [0.717, 1.165) is 6.42 Å². The molecule has 0 radical (unpaired) electrons. The van der Waals surface area contributed by atoms with Gasteiger partial charge in [-0.1, -0.05) is 6.42 Å². The highest BCUT2D eigenvalue weighted by molar-refractivity contribution is 5.76. The van der Waals surface area contributed by atoms with Gasteiger partial charge in [0.1, 0.15) is 5.82 Å². The van der Waals surface area contributed by atoms with Crippen molar-refractivity contribution >= 4 is 12.0 Å². The third-order valence-corrected chi connectivity index (χ3v) is 3.12. The lowest BCUT2D eigenvalue weighted by molar-refractivity contribution is -0.142. The molecule has 1 aliphatic carbocycles. The topological polar surface area (TPSA) is 107 Å². The molecule has 2 rings (SSSR count). The maximum Gasteiger partial charge on any atom is 0.315 e. The van der Waals surface area contributed by atoms with E-state index in [9.17, 15) is 9.59 Å². The van der Waals surface area contributed by atoms with Gasteiger partial charge in [0.25, 0.3) is 0 Å². The second-order valence-corrected chi connectivity index (χ2v) is 4.35. The quantitative estimate of drug-likeness (QED) is 0.624. The SMILES string of the molecule is O=C(NCc1ncc[nH]1)NC1CCCC1C(=O)O. The van der Waals surface area contributed by atoms with Crippen LogP contribution in [0, 0.1) is 5.92 Å². The minimum absolute atomic E-state index is 0.279. The molecule has 7 heteroatoms. The molecule has 0 aliphatic heterocycles. The summed E-state index contributed by atoms with van der Waals surface area (Å²) in [6.45, 7) is 0.295. The highest BCUT2D eigenvalue weighted by atomic mass is 16.4. The lowest BCUT2D eigenvalue weighted by Gasteiger charge is -2.17. The van der Waals surface area contributed by atoms with E-state index in [2.05, 4.69) is 20.6 Å². The third kappa shape index (κ3) is 2.99. The molecule has 2 amide bonds. The number of hydrogen-bond donors (Lipinski definition) is 4. The molecular weight excluding hydrogens is 236 g/mol. The Balaban J connectivity index is 1.78. The number of H-pyrrole nitrogens is 1. The minimum atomic E-state index is -0.844. The zero-order valence-electron chi connectivity index (χ0n) is 9.85. The number of hydrogen-bond acceptors (Lipinski definition) is 3. The van der Waals surface area contributed by atoms with Crippen LogP contribution >= 0.6 is 0 Å². The summed E-state index contributed by atoms with van der Waals surface area (Å²) >= 11 is 0. The summed E-state index contributed by atoms with van der Waals surface area (Å²) in [7, 11) is 0. The predicted octanol–water partition coefficient (Wildman–Crippen LogP) is 0.462. The average Bonchev–Trinajstić information content (AvgIpc) is 2.96. The van der Waals surface area contributed by atoms with Crippen LogP contribution in [0.2, 0.25) is 0 Å². The van der Waals surface area contributed by atoms with Gasteiger partial charge < -0.3 is 20.7 Å². The van der Waals surface area contributed by atoms with Crippen molar-refractivity contribution in [3.05, 3.63) is 18.2 Å². The number of rotatable bonds is 4. The van der Waals surface area contributed by atoms with Crippen LogP contribution in [0.5, 0.6) is 0 Å². The summed E-state index contributed by atoms with van der Waals surface area (Å²) < 4.78 is 0. The number of carboxylic acids is 1. The van der Waals surface area contributed by atoms with E-state index in [-0.39, 0.29) is 12.1 Å². The van der Waals surface area contributed by atoms with Crippen molar-refractivity contribution < 1.29 is 14.7 Å². The number of nitrogens with zero attached hydrogens (tertiary/aromatic N) is 1. The molecule has 2 atom stereocenters. The van der Waals surface area contributed by atoms with Crippen molar-refractivity contribution in [1.82, 2.24) is 20.6 Å². The van der Waals surface area contributed by atoms with E-state index < -0.39 is 11.9 Å². The molecule has 7 nitrogen and oxygen atoms in total. The molecule has 1 aromatic rings. The van der Waals surface area contributed by atoms with E-state index in [0.29, 0.717) is 25.2 Å². The average molecular weight is 252 g/mol. The van der Waals surface area contributed by atoms with E-state index >= 15 is 0 Å². The first kappa shape index (κ1) is 12.4. The second-order valence-electron chi connectivity index (χ2n) is 4.35. The van der Waals surface area contributed by atoms with Gasteiger partial charge in [-0.05, 0) is 12.8 Å². The van der Waals surface area contributed by atoms with Crippen molar-refractivity contribution in [3.63, 3.8) is 0 Å². The zero-order chi connectivity index (χ0) is 13.0. The minimum Gasteiger partial charge on any atom is -0.481 e. The molecule has 2 unspecified atom stereocenters. The largest absolute Gasteiger partial charge is 0.481 e. The van der Waals surface area contributed by atoms with Crippen molar-refractivity contribution in [2.45, 2.75) is 31.8 Å². The van der Waals surface area contributed by atoms with Gasteiger partial charge in [-0.25, -0.2) is 9.78 Å². The van der Waals surface area contributed by atoms with Gasteiger partial charge in [0.05, 0.1) is 12.5 Å². The molecule has 1 aromatic heterocycles. The second kappa shape index (κ2) is 5.52. The fourth-order valence-corrected chi connectivity index (χ4v) is 2.21. The van der Waals surface area contributed by atoms with Gasteiger partial charge >= 0.3 is 12.0 Å². The molecule has 1 fully saturated rings. The van der Waals surface area contributed by atoms with Gasteiger partial charge in [-0.2, -0.15) is 0 Å². The molecule has 0 saturated heterocycles. The molecule has 1 aliphatic rings. The van der Waals surface area contributed by atoms with Crippen molar-refractivity contribution in [3.8, 4) is 0 Å². The number of aromatic amines is 1. The molecule has 98 valence electrons. The van der Waals surface area contributed by atoms with E-state index in [1.165, 1.54) is 0 Å². The fourth-order valence-electron chi connectivity index (χ4n) is 2.21. The summed E-state index contributed by atoms with van der Waals surface area (Å²) in [6.07, 6.45) is 5.45. The maximum atomic E-state index is 11.6. The Morgan fingerprint density at radius 3 is 3.00 bits per heavy atom. The number of nitrogens with one attached hydrogen (secondary N) is 3. The number of carboxylic acid groups (broad SMARTS) is 1. The highest BCUT2D eigenvalue weighted by Gasteiger charge is 2.33. The van der Waals surface area contributed by atoms with Gasteiger partial charge in [0.15, 0.2) is 0 Å². The highest BCUT2D eigenvalue weighted by Crippen LogP contribution is 2.25. The lowest BCUT2D eigenvalue weighted by Crippen LogP contribution is -2.45. The molecule has 0 spiro atoms. The van der Waals surface area contributed by atoms with E-state index in [4.69, 9.17) is 5.11 Å². The Bertz CT molecular complexity index is 418. The van der Waals surface area contributed by atoms with Crippen LogP contribution in [-0.2, 0) is 11.3 Å². The first-order valence-corrected chi connectivity index (χ1v) is 5.92. The van der Waals surface area contributed by atoms with Crippen LogP contribution in [-0.4, -0.2) is 33.1 Å². The Morgan fingerprint density at radius 1 is 1.50 bits per heavy atom. The zero-order valence-corrected chi connectivity index (χ0v) is 9.85. The summed E-state index contributed by atoms with van der Waals surface area (Å²) in [5, 5.41) is 14.3. The standard InChI is InChI=1S/C11H16N4O3/c16-10(17)7-2-1-3-8(7)15-11(18)14-6-9-12-4-5-13-9/h4-5,7-8H,1-3,6H2,(H,12,13)(H,16,17)(H2,14,15,18). The van der Waals surface area contributed by atoms with Crippen LogP contribution in [0.25, 0.3) is 0 Å². The van der Waals surface area contributed by atoms with Crippen molar-refractivity contribution in [2.24, 2.45) is 5.92 Å². The number of amides is 2. The summed E-state index contributed by atoms with van der Waals surface area (Å²) in [6, 6.07) is -0.636. The molecule has 4 N–H and O–H groups in total. The van der Waals surface area contributed by atoms with Gasteiger partial charge in [0, 0.05) is 18.4 Å². The number of carbonyl (C=O) groups is 2. The Hall–Kier alpha value is -2.05. The number of carbonyl (C=O) groups excluding carboxylic acids is 1. The summed E-state index contributed by atoms with van der Waals surface area (Å²) in [5.41, 5.74) is 0. The molecule has 1 saturated carbocycles. The van der Waals surface area contributed by atoms with Crippen LogP contribution in [0.3, 0.4) is 0 Å². The maximum absolute atomic E-state index is 11.6.